The summed E-state index contributed by atoms with van der Waals surface area (Å²) in [7, 11) is 0. The molecule has 0 aliphatic carbocycles. The first-order valence-electron chi connectivity index (χ1n) is 9.15. The van der Waals surface area contributed by atoms with Gasteiger partial charge in [0.05, 0.1) is 11.3 Å². The van der Waals surface area contributed by atoms with Crippen LogP contribution in [0.25, 0.3) is 0 Å². The number of fused-ring (bicyclic) bond motifs is 1. The molecule has 0 unspecified atom stereocenters. The van der Waals surface area contributed by atoms with E-state index in [9.17, 15) is 4.79 Å². The van der Waals surface area contributed by atoms with Crippen molar-refractivity contribution in [2.45, 2.75) is 33.9 Å². The van der Waals surface area contributed by atoms with Crippen LogP contribution in [0.3, 0.4) is 0 Å². The Labute approximate surface area is 159 Å². The number of nitrogens with zero attached hydrogens (tertiary/aromatic N) is 2. The first kappa shape index (κ1) is 17.3. The molecular formula is C23H23N3O. The summed E-state index contributed by atoms with van der Waals surface area (Å²) in [5, 5.41) is 3.60. The monoisotopic (exact) mass is 357 g/mol. The molecule has 2 heterocycles. The number of hydrogen-bond acceptors (Lipinski definition) is 3. The van der Waals surface area contributed by atoms with Crippen LogP contribution < -0.4 is 10.2 Å². The number of amides is 1. The minimum absolute atomic E-state index is 0.0260. The third-order valence-corrected chi connectivity index (χ3v) is 5.08. The number of aryl methyl sites for hydroxylation is 4. The van der Waals surface area contributed by atoms with Gasteiger partial charge in [0.15, 0.2) is 6.17 Å². The van der Waals surface area contributed by atoms with Gasteiger partial charge in [-0.2, -0.15) is 0 Å². The van der Waals surface area contributed by atoms with Gasteiger partial charge < -0.3 is 5.32 Å². The lowest BCUT2D eigenvalue weighted by atomic mass is 10.0. The standard InChI is InChI=1S/C23H23N3O/c1-14-7-9-18(10-8-14)26-22(21-19(23(26)27)6-5-11-24-21)25-20-16(3)12-15(2)13-17(20)4/h5-13,22,25H,1-4H3/t22-/m1/s1. The summed E-state index contributed by atoms with van der Waals surface area (Å²) in [5.41, 5.74) is 8.04. The molecule has 4 heteroatoms. The van der Waals surface area contributed by atoms with E-state index < -0.39 is 0 Å². The highest BCUT2D eigenvalue weighted by Gasteiger charge is 2.39. The van der Waals surface area contributed by atoms with Gasteiger partial charge in [-0.05, 0) is 63.1 Å². The number of anilines is 2. The summed E-state index contributed by atoms with van der Waals surface area (Å²) >= 11 is 0. The minimum Gasteiger partial charge on any atom is -0.359 e. The molecule has 27 heavy (non-hydrogen) atoms. The van der Waals surface area contributed by atoms with Crippen molar-refractivity contribution < 1.29 is 4.79 Å². The molecular weight excluding hydrogens is 334 g/mol. The normalized spacial score (nSPS) is 15.8. The van der Waals surface area contributed by atoms with E-state index in [0.29, 0.717) is 5.56 Å². The fraction of sp³-hybridized carbons (Fsp3) is 0.217. The van der Waals surface area contributed by atoms with Crippen LogP contribution >= 0.6 is 0 Å². The highest BCUT2D eigenvalue weighted by Crippen LogP contribution is 2.38. The Morgan fingerprint density at radius 2 is 1.59 bits per heavy atom. The molecule has 3 aromatic rings. The summed E-state index contributed by atoms with van der Waals surface area (Å²) in [6.07, 6.45) is 1.41. The molecule has 1 atom stereocenters. The van der Waals surface area contributed by atoms with E-state index in [1.807, 2.05) is 43.3 Å². The van der Waals surface area contributed by atoms with Gasteiger partial charge in [-0.25, -0.2) is 0 Å². The zero-order chi connectivity index (χ0) is 19.1. The van der Waals surface area contributed by atoms with Crippen molar-refractivity contribution in [3.8, 4) is 0 Å². The van der Waals surface area contributed by atoms with Crippen LogP contribution in [0.5, 0.6) is 0 Å². The Hall–Kier alpha value is -3.14. The second-order valence-electron chi connectivity index (χ2n) is 7.27. The Morgan fingerprint density at radius 3 is 2.26 bits per heavy atom. The number of nitrogens with one attached hydrogen (secondary N) is 1. The number of carbonyl (C=O) groups is 1. The van der Waals surface area contributed by atoms with Crippen molar-refractivity contribution in [3.05, 3.63) is 88.2 Å². The molecule has 1 aromatic heterocycles. The van der Waals surface area contributed by atoms with Crippen LogP contribution in [0.15, 0.2) is 54.7 Å². The summed E-state index contributed by atoms with van der Waals surface area (Å²) in [6, 6.07) is 16.0. The second-order valence-corrected chi connectivity index (χ2v) is 7.27. The van der Waals surface area contributed by atoms with E-state index in [0.717, 1.165) is 33.8 Å². The highest BCUT2D eigenvalue weighted by atomic mass is 16.2. The predicted molar refractivity (Wildman–Crippen MR) is 109 cm³/mol. The Bertz CT molecular complexity index is 1000. The van der Waals surface area contributed by atoms with Crippen molar-refractivity contribution in [1.82, 2.24) is 4.98 Å². The fourth-order valence-electron chi connectivity index (χ4n) is 3.83. The van der Waals surface area contributed by atoms with Gasteiger partial charge in [0.2, 0.25) is 0 Å². The minimum atomic E-state index is -0.337. The summed E-state index contributed by atoms with van der Waals surface area (Å²) in [6.45, 7) is 8.32. The second kappa shape index (κ2) is 6.54. The summed E-state index contributed by atoms with van der Waals surface area (Å²) in [4.78, 5) is 19.5. The van der Waals surface area contributed by atoms with Gasteiger partial charge in [0.1, 0.15) is 0 Å². The first-order chi connectivity index (χ1) is 13.0. The number of pyridine rings is 1. The van der Waals surface area contributed by atoms with E-state index in [1.165, 1.54) is 5.56 Å². The fourth-order valence-corrected chi connectivity index (χ4v) is 3.83. The number of carbonyl (C=O) groups excluding carboxylic acids is 1. The van der Waals surface area contributed by atoms with Crippen molar-refractivity contribution in [2.24, 2.45) is 0 Å². The molecule has 0 radical (unpaired) electrons. The van der Waals surface area contributed by atoms with E-state index in [2.05, 4.69) is 43.2 Å². The smallest absolute Gasteiger partial charge is 0.262 e. The third kappa shape index (κ3) is 2.97. The molecule has 1 amide bonds. The van der Waals surface area contributed by atoms with Crippen LogP contribution in [0, 0.1) is 27.7 Å². The SMILES string of the molecule is Cc1ccc(N2C(=O)c3cccnc3[C@@H]2Nc2c(C)cc(C)cc2C)cc1. The zero-order valence-corrected chi connectivity index (χ0v) is 16.1. The first-order valence-corrected chi connectivity index (χ1v) is 9.15. The van der Waals surface area contributed by atoms with Crippen molar-refractivity contribution >= 4 is 17.3 Å². The third-order valence-electron chi connectivity index (χ3n) is 5.08. The maximum Gasteiger partial charge on any atom is 0.262 e. The molecule has 1 aliphatic heterocycles. The van der Waals surface area contributed by atoms with Gasteiger partial charge in [0.25, 0.3) is 5.91 Å². The van der Waals surface area contributed by atoms with Gasteiger partial charge in [0, 0.05) is 17.6 Å². The highest BCUT2D eigenvalue weighted by molar-refractivity contribution is 6.11. The van der Waals surface area contributed by atoms with Crippen LogP contribution in [0.4, 0.5) is 11.4 Å². The largest absolute Gasteiger partial charge is 0.359 e. The van der Waals surface area contributed by atoms with E-state index in [-0.39, 0.29) is 12.1 Å². The molecule has 0 spiro atoms. The molecule has 0 saturated carbocycles. The van der Waals surface area contributed by atoms with Crippen molar-refractivity contribution in [2.75, 3.05) is 10.2 Å². The molecule has 136 valence electrons. The molecule has 0 bridgehead atoms. The van der Waals surface area contributed by atoms with Crippen LogP contribution in [0.1, 0.15) is 44.5 Å². The average Bonchev–Trinajstić information content (AvgIpc) is 2.91. The van der Waals surface area contributed by atoms with Gasteiger partial charge in [-0.1, -0.05) is 35.4 Å². The van der Waals surface area contributed by atoms with Crippen molar-refractivity contribution in [1.29, 1.82) is 0 Å². The molecule has 4 rings (SSSR count). The lowest BCUT2D eigenvalue weighted by molar-refractivity contribution is 0.0993. The molecule has 1 aliphatic rings. The molecule has 0 saturated heterocycles. The van der Waals surface area contributed by atoms with E-state index >= 15 is 0 Å². The zero-order valence-electron chi connectivity index (χ0n) is 16.1. The summed E-state index contributed by atoms with van der Waals surface area (Å²) < 4.78 is 0. The van der Waals surface area contributed by atoms with E-state index in [1.54, 1.807) is 11.1 Å². The quantitative estimate of drug-likeness (QED) is 0.710. The Kier molecular flexibility index (Phi) is 4.19. The average molecular weight is 357 g/mol. The number of hydrogen-bond donors (Lipinski definition) is 1. The number of benzene rings is 2. The molecule has 2 aromatic carbocycles. The van der Waals surface area contributed by atoms with Crippen LogP contribution in [0.2, 0.25) is 0 Å². The van der Waals surface area contributed by atoms with Gasteiger partial charge in [-0.15, -0.1) is 0 Å². The number of rotatable bonds is 3. The van der Waals surface area contributed by atoms with Crippen LogP contribution in [-0.4, -0.2) is 10.9 Å². The summed E-state index contributed by atoms with van der Waals surface area (Å²) in [5.74, 6) is -0.0260. The molecule has 4 nitrogen and oxygen atoms in total. The van der Waals surface area contributed by atoms with E-state index in [4.69, 9.17) is 0 Å². The maximum absolute atomic E-state index is 13.2. The maximum atomic E-state index is 13.2. The molecule has 0 fully saturated rings. The topological polar surface area (TPSA) is 45.2 Å². The Balaban J connectivity index is 1.82. The van der Waals surface area contributed by atoms with Gasteiger partial charge >= 0.3 is 0 Å². The lowest BCUT2D eigenvalue weighted by Gasteiger charge is -2.28. The van der Waals surface area contributed by atoms with Crippen LogP contribution in [-0.2, 0) is 0 Å². The van der Waals surface area contributed by atoms with Crippen molar-refractivity contribution in [3.63, 3.8) is 0 Å². The van der Waals surface area contributed by atoms with Gasteiger partial charge in [-0.3, -0.25) is 14.7 Å². The Morgan fingerprint density at radius 1 is 0.926 bits per heavy atom. The molecule has 1 N–H and O–H groups in total. The predicted octanol–water partition coefficient (Wildman–Crippen LogP) is 5.09. The number of aromatic nitrogens is 1. The lowest BCUT2D eigenvalue weighted by Crippen LogP contribution is -2.32.